The van der Waals surface area contributed by atoms with Gasteiger partial charge in [-0.05, 0) is 42.9 Å². The average molecular weight is 220 g/mol. The molecule has 0 aromatic carbocycles. The molecule has 0 aromatic heterocycles. The van der Waals surface area contributed by atoms with Crippen molar-refractivity contribution in [2.75, 3.05) is 6.61 Å². The zero-order valence-electron chi connectivity index (χ0n) is 9.89. The molecule has 2 nitrogen and oxygen atoms in total. The lowest BCUT2D eigenvalue weighted by Crippen LogP contribution is -2.13. The van der Waals surface area contributed by atoms with Crippen LogP contribution in [0, 0.1) is 23.7 Å². The Morgan fingerprint density at radius 1 is 1.62 bits per heavy atom. The van der Waals surface area contributed by atoms with E-state index in [1.165, 1.54) is 18.9 Å². The number of rotatable bonds is 4. The maximum Gasteiger partial charge on any atom is 0.330 e. The van der Waals surface area contributed by atoms with E-state index < -0.39 is 0 Å². The van der Waals surface area contributed by atoms with Gasteiger partial charge in [0.2, 0.25) is 0 Å². The second-order valence-electron chi connectivity index (χ2n) is 5.04. The Labute approximate surface area is 97.4 Å². The molecular weight excluding hydrogens is 200 g/mol. The summed E-state index contributed by atoms with van der Waals surface area (Å²) < 4.78 is 5.06. The van der Waals surface area contributed by atoms with E-state index in [1.54, 1.807) is 0 Å². The molecule has 1 fully saturated rings. The first-order valence-electron chi connectivity index (χ1n) is 6.18. The number of hydrogen-bond acceptors (Lipinski definition) is 2. The number of allylic oxidation sites excluding steroid dienone is 2. The first-order valence-corrected chi connectivity index (χ1v) is 6.18. The Bertz CT molecular complexity index is 306. The number of carbonyl (C=O) groups excluding carboxylic acids is 1. The third-order valence-corrected chi connectivity index (χ3v) is 4.10. The Hall–Kier alpha value is -1.05. The van der Waals surface area contributed by atoms with Gasteiger partial charge in [0.1, 0.15) is 0 Å². The van der Waals surface area contributed by atoms with Crippen molar-refractivity contribution >= 4 is 5.97 Å². The van der Waals surface area contributed by atoms with Crippen molar-refractivity contribution in [1.29, 1.82) is 0 Å². The Morgan fingerprint density at radius 3 is 3.19 bits per heavy atom. The van der Waals surface area contributed by atoms with Gasteiger partial charge in [-0.3, -0.25) is 0 Å². The minimum absolute atomic E-state index is 0.299. The molecule has 2 aliphatic rings. The standard InChI is InChI=1S/C14H20O2/c1-3-14(15)16-8-7-11-9-10(2)12-5-4-6-13(11)12/h3-5,10-13H,1,6-9H2,2H3. The van der Waals surface area contributed by atoms with Gasteiger partial charge in [-0.1, -0.05) is 25.7 Å². The average Bonchev–Trinajstić information content (AvgIpc) is 2.84. The molecular formula is C14H20O2. The van der Waals surface area contributed by atoms with Gasteiger partial charge in [0.15, 0.2) is 0 Å². The summed E-state index contributed by atoms with van der Waals surface area (Å²) in [5.41, 5.74) is 0. The number of esters is 1. The highest BCUT2D eigenvalue weighted by atomic mass is 16.5. The van der Waals surface area contributed by atoms with Gasteiger partial charge in [0, 0.05) is 6.08 Å². The zero-order chi connectivity index (χ0) is 11.5. The van der Waals surface area contributed by atoms with E-state index in [0.29, 0.717) is 6.61 Å². The van der Waals surface area contributed by atoms with Gasteiger partial charge in [0.25, 0.3) is 0 Å². The molecule has 0 amide bonds. The maximum absolute atomic E-state index is 10.9. The van der Waals surface area contributed by atoms with Crippen molar-refractivity contribution < 1.29 is 9.53 Å². The quantitative estimate of drug-likeness (QED) is 0.413. The van der Waals surface area contributed by atoms with E-state index in [0.717, 1.165) is 30.1 Å². The molecule has 16 heavy (non-hydrogen) atoms. The smallest absolute Gasteiger partial charge is 0.330 e. The van der Waals surface area contributed by atoms with E-state index in [9.17, 15) is 4.79 Å². The fraction of sp³-hybridized carbons (Fsp3) is 0.643. The Morgan fingerprint density at radius 2 is 2.44 bits per heavy atom. The zero-order valence-corrected chi connectivity index (χ0v) is 9.89. The molecule has 2 aliphatic carbocycles. The molecule has 4 unspecified atom stereocenters. The molecule has 0 aliphatic heterocycles. The van der Waals surface area contributed by atoms with Crippen LogP contribution >= 0.6 is 0 Å². The van der Waals surface area contributed by atoms with Crippen LogP contribution in [0.25, 0.3) is 0 Å². The number of fused-ring (bicyclic) bond motifs is 1. The second kappa shape index (κ2) is 4.86. The Kier molecular flexibility index (Phi) is 3.47. The van der Waals surface area contributed by atoms with Crippen LogP contribution in [0.15, 0.2) is 24.8 Å². The van der Waals surface area contributed by atoms with Gasteiger partial charge in [-0.15, -0.1) is 0 Å². The van der Waals surface area contributed by atoms with Crippen molar-refractivity contribution in [2.24, 2.45) is 23.7 Å². The molecule has 1 saturated carbocycles. The van der Waals surface area contributed by atoms with Crippen molar-refractivity contribution in [3.8, 4) is 0 Å². The van der Waals surface area contributed by atoms with Crippen molar-refractivity contribution in [3.05, 3.63) is 24.8 Å². The highest BCUT2D eigenvalue weighted by Gasteiger charge is 2.40. The molecule has 0 N–H and O–H groups in total. The molecule has 4 atom stereocenters. The monoisotopic (exact) mass is 220 g/mol. The fourth-order valence-electron chi connectivity index (χ4n) is 3.32. The predicted molar refractivity (Wildman–Crippen MR) is 63.8 cm³/mol. The van der Waals surface area contributed by atoms with Crippen LogP contribution in [0.5, 0.6) is 0 Å². The van der Waals surface area contributed by atoms with Crippen LogP contribution in [-0.2, 0) is 9.53 Å². The topological polar surface area (TPSA) is 26.3 Å². The van der Waals surface area contributed by atoms with Gasteiger partial charge in [-0.25, -0.2) is 4.79 Å². The second-order valence-corrected chi connectivity index (χ2v) is 5.04. The number of carbonyl (C=O) groups is 1. The van der Waals surface area contributed by atoms with Crippen LogP contribution in [0.2, 0.25) is 0 Å². The Balaban J connectivity index is 1.79. The third kappa shape index (κ3) is 2.21. The molecule has 0 aromatic rings. The molecule has 2 rings (SSSR count). The first-order chi connectivity index (χ1) is 7.72. The van der Waals surface area contributed by atoms with Crippen LogP contribution in [0.3, 0.4) is 0 Å². The molecule has 0 saturated heterocycles. The largest absolute Gasteiger partial charge is 0.463 e. The predicted octanol–water partition coefficient (Wildman–Crippen LogP) is 2.95. The SMILES string of the molecule is C=CC(=O)OCCC1CC(C)C2C=CCC12. The van der Waals surface area contributed by atoms with E-state index in [4.69, 9.17) is 4.74 Å². The summed E-state index contributed by atoms with van der Waals surface area (Å²) in [7, 11) is 0. The summed E-state index contributed by atoms with van der Waals surface area (Å²) in [5, 5.41) is 0. The molecule has 0 radical (unpaired) electrons. The maximum atomic E-state index is 10.9. The van der Waals surface area contributed by atoms with Gasteiger partial charge < -0.3 is 4.74 Å². The lowest BCUT2D eigenvalue weighted by molar-refractivity contribution is -0.138. The van der Waals surface area contributed by atoms with E-state index in [2.05, 4.69) is 25.7 Å². The molecule has 2 heteroatoms. The minimum atomic E-state index is -0.299. The number of hydrogen-bond donors (Lipinski definition) is 0. The lowest BCUT2D eigenvalue weighted by atomic mass is 9.88. The van der Waals surface area contributed by atoms with Crippen LogP contribution in [0.1, 0.15) is 26.2 Å². The van der Waals surface area contributed by atoms with Crippen molar-refractivity contribution in [2.45, 2.75) is 26.2 Å². The highest BCUT2D eigenvalue weighted by Crippen LogP contribution is 2.48. The van der Waals surface area contributed by atoms with Crippen LogP contribution in [0.4, 0.5) is 0 Å². The van der Waals surface area contributed by atoms with E-state index in [-0.39, 0.29) is 5.97 Å². The summed E-state index contributed by atoms with van der Waals surface area (Å²) in [4.78, 5) is 10.9. The van der Waals surface area contributed by atoms with Gasteiger partial charge in [-0.2, -0.15) is 0 Å². The normalized spacial score (nSPS) is 36.1. The summed E-state index contributed by atoms with van der Waals surface area (Å²) in [6, 6.07) is 0. The summed E-state index contributed by atoms with van der Waals surface area (Å²) in [6.07, 6.45) is 9.43. The summed E-state index contributed by atoms with van der Waals surface area (Å²) in [6.45, 7) is 6.28. The molecule has 88 valence electrons. The molecule has 0 bridgehead atoms. The van der Waals surface area contributed by atoms with Crippen molar-refractivity contribution in [3.63, 3.8) is 0 Å². The minimum Gasteiger partial charge on any atom is -0.463 e. The third-order valence-electron chi connectivity index (χ3n) is 4.10. The van der Waals surface area contributed by atoms with Crippen LogP contribution in [-0.4, -0.2) is 12.6 Å². The highest BCUT2D eigenvalue weighted by molar-refractivity contribution is 5.81. The van der Waals surface area contributed by atoms with Crippen LogP contribution < -0.4 is 0 Å². The number of ether oxygens (including phenoxy) is 1. The van der Waals surface area contributed by atoms with Crippen molar-refractivity contribution in [1.82, 2.24) is 0 Å². The summed E-state index contributed by atoms with van der Waals surface area (Å²) in [5.74, 6) is 2.81. The molecule has 0 heterocycles. The lowest BCUT2D eigenvalue weighted by Gasteiger charge is -2.18. The fourth-order valence-corrected chi connectivity index (χ4v) is 3.32. The molecule has 0 spiro atoms. The van der Waals surface area contributed by atoms with E-state index >= 15 is 0 Å². The van der Waals surface area contributed by atoms with Gasteiger partial charge in [0.05, 0.1) is 6.61 Å². The van der Waals surface area contributed by atoms with E-state index in [1.807, 2.05) is 0 Å². The van der Waals surface area contributed by atoms with Gasteiger partial charge >= 0.3 is 5.97 Å². The summed E-state index contributed by atoms with van der Waals surface area (Å²) >= 11 is 0. The first kappa shape index (κ1) is 11.4.